The molecular weight excluding hydrogens is 260 g/mol. The molecule has 1 fully saturated rings. The van der Waals surface area contributed by atoms with Gasteiger partial charge in [0.25, 0.3) is 0 Å². The average Bonchev–Trinajstić information content (AvgIpc) is 2.38. The summed E-state index contributed by atoms with van der Waals surface area (Å²) in [4.78, 5) is 8.59. The van der Waals surface area contributed by atoms with E-state index in [9.17, 15) is 0 Å². The van der Waals surface area contributed by atoms with E-state index >= 15 is 0 Å². The number of hydrogen-bond acceptors (Lipinski definition) is 4. The van der Waals surface area contributed by atoms with Gasteiger partial charge in [-0.1, -0.05) is 25.4 Å². The molecule has 0 spiro atoms. The fourth-order valence-electron chi connectivity index (χ4n) is 2.58. The van der Waals surface area contributed by atoms with Gasteiger partial charge in [0.2, 0.25) is 5.95 Å². The Kier molecular flexibility index (Phi) is 4.86. The number of nitrogens with zero attached hydrogens (tertiary/aromatic N) is 2. The van der Waals surface area contributed by atoms with Crippen molar-refractivity contribution in [2.75, 3.05) is 17.2 Å². The van der Waals surface area contributed by atoms with Crippen molar-refractivity contribution in [1.29, 1.82) is 0 Å². The van der Waals surface area contributed by atoms with Crippen LogP contribution in [0.1, 0.15) is 40.0 Å². The van der Waals surface area contributed by atoms with Crippen molar-refractivity contribution in [2.24, 2.45) is 11.8 Å². The van der Waals surface area contributed by atoms with Crippen LogP contribution in [0.3, 0.4) is 0 Å². The molecule has 1 aliphatic rings. The second-order valence-electron chi connectivity index (χ2n) is 5.53. The summed E-state index contributed by atoms with van der Waals surface area (Å²) in [6.07, 6.45) is 5.28. The van der Waals surface area contributed by atoms with Crippen LogP contribution in [0.5, 0.6) is 0 Å². The number of aromatic nitrogens is 2. The number of nitrogens with one attached hydrogen (secondary N) is 2. The lowest BCUT2D eigenvalue weighted by atomic mass is 9.79. The van der Waals surface area contributed by atoms with Gasteiger partial charge in [0, 0.05) is 12.6 Å². The number of hydrogen-bond donors (Lipinski definition) is 2. The summed E-state index contributed by atoms with van der Waals surface area (Å²) in [5, 5.41) is 7.17. The first kappa shape index (κ1) is 14.4. The minimum absolute atomic E-state index is 0.466. The van der Waals surface area contributed by atoms with Crippen molar-refractivity contribution in [3.8, 4) is 0 Å². The molecule has 0 aromatic carbocycles. The monoisotopic (exact) mass is 282 g/mol. The molecule has 1 aromatic heterocycles. The van der Waals surface area contributed by atoms with Crippen LogP contribution in [0.4, 0.5) is 11.8 Å². The van der Waals surface area contributed by atoms with E-state index in [0.717, 1.165) is 24.2 Å². The van der Waals surface area contributed by atoms with Crippen LogP contribution in [-0.4, -0.2) is 22.6 Å². The highest BCUT2D eigenvalue weighted by molar-refractivity contribution is 6.32. The van der Waals surface area contributed by atoms with Crippen molar-refractivity contribution in [3.05, 3.63) is 11.2 Å². The maximum absolute atomic E-state index is 6.17. The van der Waals surface area contributed by atoms with Gasteiger partial charge < -0.3 is 10.6 Å². The van der Waals surface area contributed by atoms with Crippen LogP contribution in [-0.2, 0) is 0 Å². The Morgan fingerprint density at radius 1 is 1.32 bits per heavy atom. The fraction of sp³-hybridized carbons (Fsp3) is 0.714. The Hall–Kier alpha value is -1.03. The highest BCUT2D eigenvalue weighted by Gasteiger charge is 2.25. The minimum atomic E-state index is 0.466. The zero-order valence-corrected chi connectivity index (χ0v) is 12.7. The van der Waals surface area contributed by atoms with Gasteiger partial charge in [0.15, 0.2) is 5.82 Å². The molecule has 3 unspecified atom stereocenters. The van der Waals surface area contributed by atoms with Gasteiger partial charge >= 0.3 is 0 Å². The lowest BCUT2D eigenvalue weighted by Gasteiger charge is -2.32. The van der Waals surface area contributed by atoms with Gasteiger partial charge in [0.05, 0.1) is 6.20 Å². The zero-order chi connectivity index (χ0) is 13.8. The number of anilines is 2. The molecule has 2 rings (SSSR count). The minimum Gasteiger partial charge on any atom is -0.366 e. The molecule has 1 aliphatic carbocycles. The summed E-state index contributed by atoms with van der Waals surface area (Å²) >= 11 is 6.17. The van der Waals surface area contributed by atoms with E-state index < -0.39 is 0 Å². The first-order valence-corrected chi connectivity index (χ1v) is 7.51. The number of rotatable bonds is 4. The smallest absolute Gasteiger partial charge is 0.224 e. The largest absolute Gasteiger partial charge is 0.366 e. The molecule has 0 aliphatic heterocycles. The topological polar surface area (TPSA) is 49.8 Å². The lowest BCUT2D eigenvalue weighted by molar-refractivity contribution is 0.260. The maximum atomic E-state index is 6.17. The number of halogens is 1. The van der Waals surface area contributed by atoms with Gasteiger partial charge in [-0.05, 0) is 38.0 Å². The second kappa shape index (κ2) is 6.42. The summed E-state index contributed by atoms with van der Waals surface area (Å²) in [5.41, 5.74) is 0. The predicted octanol–water partition coefficient (Wildman–Crippen LogP) is 3.80. The predicted molar refractivity (Wildman–Crippen MR) is 80.8 cm³/mol. The van der Waals surface area contributed by atoms with Crippen molar-refractivity contribution < 1.29 is 0 Å². The molecule has 0 amide bonds. The molecule has 0 bridgehead atoms. The molecule has 106 valence electrons. The molecule has 1 heterocycles. The summed E-state index contributed by atoms with van der Waals surface area (Å²) in [7, 11) is 0. The molecule has 2 N–H and O–H groups in total. The van der Waals surface area contributed by atoms with Gasteiger partial charge in [-0.25, -0.2) is 4.98 Å². The summed E-state index contributed by atoms with van der Waals surface area (Å²) in [6, 6.07) is 0.466. The van der Waals surface area contributed by atoms with E-state index in [1.165, 1.54) is 19.3 Å². The molecule has 1 aromatic rings. The molecular formula is C14H23ClN4. The van der Waals surface area contributed by atoms with Crippen LogP contribution >= 0.6 is 11.6 Å². The molecule has 19 heavy (non-hydrogen) atoms. The van der Waals surface area contributed by atoms with Gasteiger partial charge in [-0.15, -0.1) is 0 Å². The van der Waals surface area contributed by atoms with Crippen LogP contribution in [0, 0.1) is 11.8 Å². The zero-order valence-electron chi connectivity index (χ0n) is 11.9. The molecule has 5 heteroatoms. The molecule has 0 radical (unpaired) electrons. The first-order chi connectivity index (χ1) is 9.10. The average molecular weight is 283 g/mol. The van der Waals surface area contributed by atoms with E-state index in [4.69, 9.17) is 11.6 Å². The van der Waals surface area contributed by atoms with Crippen molar-refractivity contribution in [3.63, 3.8) is 0 Å². The standard InChI is InChI=1S/C14H23ClN4/c1-4-16-14-17-8-12(15)13(19-14)18-11-6-5-9(2)10(3)7-11/h8-11H,4-7H2,1-3H3,(H2,16,17,18,19). The summed E-state index contributed by atoms with van der Waals surface area (Å²) in [6.45, 7) is 7.49. The third kappa shape index (κ3) is 3.72. The highest BCUT2D eigenvalue weighted by Crippen LogP contribution is 2.32. The van der Waals surface area contributed by atoms with Crippen molar-refractivity contribution in [1.82, 2.24) is 9.97 Å². The Morgan fingerprint density at radius 3 is 2.79 bits per heavy atom. The molecule has 3 atom stereocenters. The van der Waals surface area contributed by atoms with Crippen molar-refractivity contribution in [2.45, 2.75) is 46.1 Å². The first-order valence-electron chi connectivity index (χ1n) is 7.13. The van der Waals surface area contributed by atoms with Crippen LogP contribution in [0.15, 0.2) is 6.20 Å². The van der Waals surface area contributed by atoms with E-state index in [1.807, 2.05) is 6.92 Å². The third-order valence-electron chi connectivity index (χ3n) is 4.02. The van der Waals surface area contributed by atoms with Crippen LogP contribution < -0.4 is 10.6 Å². The van der Waals surface area contributed by atoms with E-state index in [0.29, 0.717) is 17.0 Å². The Bertz CT molecular complexity index is 424. The van der Waals surface area contributed by atoms with Crippen LogP contribution in [0.25, 0.3) is 0 Å². The normalized spacial score (nSPS) is 27.1. The third-order valence-corrected chi connectivity index (χ3v) is 4.29. The van der Waals surface area contributed by atoms with E-state index in [2.05, 4.69) is 34.4 Å². The van der Waals surface area contributed by atoms with E-state index in [1.54, 1.807) is 6.20 Å². The van der Waals surface area contributed by atoms with E-state index in [-0.39, 0.29) is 0 Å². The Morgan fingerprint density at radius 2 is 2.11 bits per heavy atom. The molecule has 1 saturated carbocycles. The highest BCUT2D eigenvalue weighted by atomic mass is 35.5. The Labute approximate surface area is 120 Å². The van der Waals surface area contributed by atoms with Gasteiger partial charge in [-0.2, -0.15) is 4.98 Å². The summed E-state index contributed by atoms with van der Waals surface area (Å²) < 4.78 is 0. The quantitative estimate of drug-likeness (QED) is 0.882. The van der Waals surface area contributed by atoms with Crippen LogP contribution in [0.2, 0.25) is 5.02 Å². The fourth-order valence-corrected chi connectivity index (χ4v) is 2.73. The molecule has 0 saturated heterocycles. The summed E-state index contributed by atoms with van der Waals surface area (Å²) in [5.74, 6) is 2.95. The van der Waals surface area contributed by atoms with Crippen molar-refractivity contribution >= 4 is 23.4 Å². The Balaban J connectivity index is 2.04. The molecule has 4 nitrogen and oxygen atoms in total. The second-order valence-corrected chi connectivity index (χ2v) is 5.94. The van der Waals surface area contributed by atoms with Gasteiger partial charge in [0.1, 0.15) is 5.02 Å². The SMILES string of the molecule is CCNc1ncc(Cl)c(NC2CCC(C)C(C)C2)n1. The maximum Gasteiger partial charge on any atom is 0.224 e. The van der Waals surface area contributed by atoms with Gasteiger partial charge in [-0.3, -0.25) is 0 Å². The lowest BCUT2D eigenvalue weighted by Crippen LogP contribution is -2.30.